The first-order valence-electron chi connectivity index (χ1n) is 8.10. The van der Waals surface area contributed by atoms with Crippen molar-refractivity contribution in [3.63, 3.8) is 0 Å². The van der Waals surface area contributed by atoms with Crippen LogP contribution in [0, 0.1) is 10.1 Å². The largest absolute Gasteiger partial charge is 0.454 e. The van der Waals surface area contributed by atoms with Crippen LogP contribution in [0.4, 0.5) is 16.2 Å². The number of rotatable bonds is 3. The summed E-state index contributed by atoms with van der Waals surface area (Å²) in [6, 6.07) is 7.80. The van der Waals surface area contributed by atoms with E-state index in [0.29, 0.717) is 0 Å². The second kappa shape index (κ2) is 7.02. The molecule has 2 heterocycles. The number of carbonyl (C=O) groups is 3. The van der Waals surface area contributed by atoms with Crippen LogP contribution in [0.15, 0.2) is 46.4 Å². The molecule has 29 heavy (non-hydrogen) atoms. The van der Waals surface area contributed by atoms with Crippen molar-refractivity contribution in [2.45, 2.75) is 0 Å². The third-order valence-electron chi connectivity index (χ3n) is 4.20. The van der Waals surface area contributed by atoms with Crippen molar-refractivity contribution in [1.82, 2.24) is 5.32 Å². The number of urea groups is 1. The topological polar surface area (TPSA) is 128 Å². The Hall–Kier alpha value is -3.73. The molecule has 4 amide bonds. The van der Waals surface area contributed by atoms with Gasteiger partial charge in [-0.25, -0.2) is 9.69 Å². The van der Waals surface area contributed by atoms with E-state index in [1.54, 1.807) is 12.1 Å². The first kappa shape index (κ1) is 18.6. The minimum atomic E-state index is -0.958. The molecule has 0 bridgehead atoms. The molecular weight excluding hydrogens is 450 g/mol. The fourth-order valence-corrected chi connectivity index (χ4v) is 3.12. The zero-order valence-corrected chi connectivity index (χ0v) is 16.0. The van der Waals surface area contributed by atoms with E-state index in [1.807, 2.05) is 0 Å². The van der Waals surface area contributed by atoms with Gasteiger partial charge in [0.2, 0.25) is 6.79 Å². The van der Waals surface area contributed by atoms with Crippen LogP contribution in [0.25, 0.3) is 6.08 Å². The maximum atomic E-state index is 12.9. The number of hydrogen-bond donors (Lipinski definition) is 1. The highest BCUT2D eigenvalue weighted by Crippen LogP contribution is 2.39. The number of nitro groups is 1. The lowest BCUT2D eigenvalue weighted by Crippen LogP contribution is -2.54. The Morgan fingerprint density at radius 1 is 1.10 bits per heavy atom. The number of carbonyl (C=O) groups excluding carboxylic acids is 3. The molecular formula is C18H10BrN3O7. The highest BCUT2D eigenvalue weighted by molar-refractivity contribution is 9.10. The molecule has 4 rings (SSSR count). The Kier molecular flexibility index (Phi) is 4.51. The third-order valence-corrected chi connectivity index (χ3v) is 4.73. The molecule has 0 saturated carbocycles. The van der Waals surface area contributed by atoms with Gasteiger partial charge in [0.25, 0.3) is 17.5 Å². The van der Waals surface area contributed by atoms with Crippen LogP contribution in [0.3, 0.4) is 0 Å². The highest BCUT2D eigenvalue weighted by atomic mass is 79.9. The van der Waals surface area contributed by atoms with Crippen molar-refractivity contribution in [3.8, 4) is 11.5 Å². The van der Waals surface area contributed by atoms with E-state index in [1.165, 1.54) is 18.2 Å². The Morgan fingerprint density at radius 2 is 1.76 bits per heavy atom. The van der Waals surface area contributed by atoms with Gasteiger partial charge in [0, 0.05) is 4.47 Å². The molecule has 0 atom stereocenters. The molecule has 11 heteroatoms. The van der Waals surface area contributed by atoms with E-state index in [9.17, 15) is 24.5 Å². The van der Waals surface area contributed by atoms with Crippen LogP contribution >= 0.6 is 15.9 Å². The predicted molar refractivity (Wildman–Crippen MR) is 102 cm³/mol. The van der Waals surface area contributed by atoms with Crippen LogP contribution in [-0.4, -0.2) is 29.6 Å². The van der Waals surface area contributed by atoms with Crippen molar-refractivity contribution >= 4 is 51.2 Å². The molecule has 1 saturated heterocycles. The van der Waals surface area contributed by atoms with Crippen molar-refractivity contribution in [3.05, 3.63) is 62.1 Å². The number of nitro benzene ring substituents is 1. The van der Waals surface area contributed by atoms with Crippen LogP contribution in [0.5, 0.6) is 11.5 Å². The van der Waals surface area contributed by atoms with Crippen LogP contribution in [0.2, 0.25) is 0 Å². The number of imide groups is 2. The quantitative estimate of drug-likeness (QED) is 0.323. The second-order valence-corrected chi connectivity index (χ2v) is 6.87. The number of ether oxygens (including phenoxy) is 2. The minimum Gasteiger partial charge on any atom is -0.454 e. The molecule has 2 aromatic rings. The molecule has 1 N–H and O–H groups in total. The first-order valence-corrected chi connectivity index (χ1v) is 8.89. The average Bonchev–Trinajstić information content (AvgIpc) is 3.13. The van der Waals surface area contributed by atoms with E-state index >= 15 is 0 Å². The highest BCUT2D eigenvalue weighted by Gasteiger charge is 2.37. The van der Waals surface area contributed by atoms with Gasteiger partial charge in [-0.1, -0.05) is 15.9 Å². The van der Waals surface area contributed by atoms with Crippen molar-refractivity contribution in [1.29, 1.82) is 0 Å². The summed E-state index contributed by atoms with van der Waals surface area (Å²) in [4.78, 5) is 48.9. The lowest BCUT2D eigenvalue weighted by atomic mass is 10.0. The van der Waals surface area contributed by atoms with Crippen molar-refractivity contribution in [2.75, 3.05) is 11.7 Å². The van der Waals surface area contributed by atoms with Crippen LogP contribution < -0.4 is 19.7 Å². The first-order chi connectivity index (χ1) is 13.8. The molecule has 0 aliphatic carbocycles. The number of anilines is 1. The number of fused-ring (bicyclic) bond motifs is 1. The van der Waals surface area contributed by atoms with E-state index in [-0.39, 0.29) is 35.2 Å². The maximum absolute atomic E-state index is 12.9. The van der Waals surface area contributed by atoms with Crippen LogP contribution in [-0.2, 0) is 9.59 Å². The van der Waals surface area contributed by atoms with Gasteiger partial charge >= 0.3 is 6.03 Å². The Bertz CT molecular complexity index is 1110. The summed E-state index contributed by atoms with van der Waals surface area (Å²) in [6.45, 7) is -0.0994. The summed E-state index contributed by atoms with van der Waals surface area (Å²) in [5.74, 6) is -1.44. The summed E-state index contributed by atoms with van der Waals surface area (Å²) in [6.07, 6.45) is 1.05. The van der Waals surface area contributed by atoms with Crippen molar-refractivity contribution < 1.29 is 28.8 Å². The fourth-order valence-electron chi connectivity index (χ4n) is 2.86. The molecule has 146 valence electrons. The number of nitrogens with zero attached hydrogens (tertiary/aromatic N) is 2. The molecule has 0 spiro atoms. The number of benzene rings is 2. The number of barbiturate groups is 1. The molecule has 2 aliphatic rings. The minimum absolute atomic E-state index is 0.0390. The molecule has 0 aromatic heterocycles. The summed E-state index contributed by atoms with van der Waals surface area (Å²) < 4.78 is 11.1. The average molecular weight is 460 g/mol. The van der Waals surface area contributed by atoms with Gasteiger partial charge in [0.1, 0.15) is 5.57 Å². The molecule has 2 aliphatic heterocycles. The second-order valence-electron chi connectivity index (χ2n) is 5.96. The zero-order chi connectivity index (χ0) is 20.7. The smallest absolute Gasteiger partial charge is 0.335 e. The monoisotopic (exact) mass is 459 g/mol. The normalized spacial score (nSPS) is 16.9. The van der Waals surface area contributed by atoms with Gasteiger partial charge in [-0.15, -0.1) is 0 Å². The third kappa shape index (κ3) is 3.31. The predicted octanol–water partition coefficient (Wildman–Crippen LogP) is 2.75. The zero-order valence-electron chi connectivity index (χ0n) is 14.4. The lowest BCUT2D eigenvalue weighted by molar-refractivity contribution is -0.385. The van der Waals surface area contributed by atoms with E-state index in [4.69, 9.17) is 9.47 Å². The van der Waals surface area contributed by atoms with Gasteiger partial charge in [-0.3, -0.25) is 25.0 Å². The summed E-state index contributed by atoms with van der Waals surface area (Å²) in [5.41, 5.74) is -0.624. The fraction of sp³-hybridized carbons (Fsp3) is 0.0556. The number of amides is 4. The standard InChI is InChI=1S/C18H10BrN3O7/c19-10-1-3-11(4-2-10)21-17(24)12(16(23)20-18(21)25)5-9-6-14-15(29-8-28-14)7-13(9)22(26)27/h1-7H,8H2,(H,20,23,25)/b12-5-. The van der Waals surface area contributed by atoms with E-state index < -0.39 is 28.3 Å². The van der Waals surface area contributed by atoms with Gasteiger partial charge in [-0.2, -0.15) is 0 Å². The van der Waals surface area contributed by atoms with Crippen molar-refractivity contribution in [2.24, 2.45) is 0 Å². The molecule has 1 fully saturated rings. The Balaban J connectivity index is 1.79. The lowest BCUT2D eigenvalue weighted by Gasteiger charge is -2.26. The van der Waals surface area contributed by atoms with Crippen LogP contribution in [0.1, 0.15) is 5.56 Å². The van der Waals surface area contributed by atoms with Gasteiger partial charge in [0.15, 0.2) is 11.5 Å². The SMILES string of the molecule is O=C1NC(=O)N(c2ccc(Br)cc2)C(=O)/C1=C\c1cc2c(cc1[N+](=O)[O-])OCO2. The summed E-state index contributed by atoms with van der Waals surface area (Å²) in [5, 5.41) is 13.5. The number of hydrogen-bond acceptors (Lipinski definition) is 7. The Labute approximate surface area is 171 Å². The molecule has 0 radical (unpaired) electrons. The Morgan fingerprint density at radius 3 is 2.41 bits per heavy atom. The maximum Gasteiger partial charge on any atom is 0.335 e. The molecule has 0 unspecified atom stereocenters. The van der Waals surface area contributed by atoms with E-state index in [0.717, 1.165) is 21.5 Å². The number of halogens is 1. The van der Waals surface area contributed by atoms with Gasteiger partial charge in [0.05, 0.1) is 22.2 Å². The van der Waals surface area contributed by atoms with E-state index in [2.05, 4.69) is 21.2 Å². The van der Waals surface area contributed by atoms with Gasteiger partial charge in [-0.05, 0) is 36.4 Å². The molecule has 10 nitrogen and oxygen atoms in total. The summed E-state index contributed by atoms with van der Waals surface area (Å²) in [7, 11) is 0. The summed E-state index contributed by atoms with van der Waals surface area (Å²) >= 11 is 3.26. The molecule has 2 aromatic carbocycles. The van der Waals surface area contributed by atoms with Gasteiger partial charge < -0.3 is 9.47 Å². The number of nitrogens with one attached hydrogen (secondary N) is 1.